The second-order valence-electron chi connectivity index (χ2n) is 1.84. The Balaban J connectivity index is 3.39. The monoisotopic (exact) mass is 315 g/mol. The van der Waals surface area contributed by atoms with Gasteiger partial charge in [-0.3, -0.25) is 0 Å². The molecule has 0 aliphatic heterocycles. The molecule has 66 valence electrons. The fourth-order valence-corrected chi connectivity index (χ4v) is 2.47. The Bertz CT molecular complexity index is 405. The van der Waals surface area contributed by atoms with Gasteiger partial charge in [-0.05, 0) is 31.9 Å². The molecule has 2 N–H and O–H groups in total. The molecule has 1 rings (SSSR count). The first kappa shape index (κ1) is 10.0. The van der Waals surface area contributed by atoms with Crippen molar-refractivity contribution in [1.82, 2.24) is 9.97 Å². The summed E-state index contributed by atoms with van der Waals surface area (Å²) < 4.78 is 22.1. The Morgan fingerprint density at radius 1 is 1.42 bits per heavy atom. The van der Waals surface area contributed by atoms with Gasteiger partial charge in [-0.25, -0.2) is 23.5 Å². The zero-order valence-electron chi connectivity index (χ0n) is 5.53. The zero-order valence-corrected chi connectivity index (χ0v) is 9.52. The van der Waals surface area contributed by atoms with E-state index in [9.17, 15) is 8.42 Å². The van der Waals surface area contributed by atoms with Crippen molar-refractivity contribution >= 4 is 41.9 Å². The normalized spacial score (nSPS) is 11.6. The summed E-state index contributed by atoms with van der Waals surface area (Å²) in [6, 6.07) is 0. The van der Waals surface area contributed by atoms with Gasteiger partial charge in [0.2, 0.25) is 10.0 Å². The molecular weight excluding hydrogens is 314 g/mol. The van der Waals surface area contributed by atoms with Gasteiger partial charge in [0.1, 0.15) is 9.50 Å². The summed E-state index contributed by atoms with van der Waals surface area (Å²) in [6.07, 6.45) is 1.12. The van der Waals surface area contributed by atoms with E-state index in [2.05, 4.69) is 41.8 Å². The third-order valence-electron chi connectivity index (χ3n) is 0.989. The molecule has 12 heavy (non-hydrogen) atoms. The van der Waals surface area contributed by atoms with Crippen LogP contribution in [0.5, 0.6) is 0 Å². The van der Waals surface area contributed by atoms with Gasteiger partial charge in [-0.2, -0.15) is 0 Å². The number of hydrogen-bond donors (Lipinski definition) is 1. The second-order valence-corrected chi connectivity index (χ2v) is 4.83. The van der Waals surface area contributed by atoms with Crippen LogP contribution in [-0.4, -0.2) is 18.4 Å². The van der Waals surface area contributed by atoms with Gasteiger partial charge in [-0.15, -0.1) is 0 Å². The Kier molecular flexibility index (Phi) is 2.81. The molecule has 0 aromatic carbocycles. The van der Waals surface area contributed by atoms with E-state index in [1.165, 1.54) is 0 Å². The molecule has 0 fully saturated rings. The molecule has 1 aromatic rings. The number of nitrogens with two attached hydrogens (primary N) is 1. The highest BCUT2D eigenvalue weighted by molar-refractivity contribution is 9.11. The minimum Gasteiger partial charge on any atom is -0.229 e. The van der Waals surface area contributed by atoms with Crippen LogP contribution in [0.4, 0.5) is 0 Å². The van der Waals surface area contributed by atoms with Crippen LogP contribution in [0, 0.1) is 0 Å². The van der Waals surface area contributed by atoms with Crippen LogP contribution in [-0.2, 0) is 10.0 Å². The lowest BCUT2D eigenvalue weighted by Gasteiger charge is -1.98. The molecule has 5 nitrogen and oxygen atoms in total. The first-order valence-corrected chi connectivity index (χ1v) is 5.75. The van der Waals surface area contributed by atoms with Crippen molar-refractivity contribution in [1.29, 1.82) is 0 Å². The van der Waals surface area contributed by atoms with Crippen molar-refractivity contribution in [2.75, 3.05) is 0 Å². The maximum absolute atomic E-state index is 10.8. The van der Waals surface area contributed by atoms with Crippen molar-refractivity contribution in [3.8, 4) is 0 Å². The molecule has 0 saturated heterocycles. The van der Waals surface area contributed by atoms with Crippen molar-refractivity contribution in [2.24, 2.45) is 5.14 Å². The Morgan fingerprint density at radius 2 is 2.00 bits per heavy atom. The van der Waals surface area contributed by atoms with Crippen LogP contribution in [0.25, 0.3) is 0 Å². The average molecular weight is 317 g/mol. The topological polar surface area (TPSA) is 85.9 Å². The lowest BCUT2D eigenvalue weighted by molar-refractivity contribution is 0.596. The number of rotatable bonds is 1. The highest BCUT2D eigenvalue weighted by Crippen LogP contribution is 2.18. The van der Waals surface area contributed by atoms with Crippen LogP contribution in [0.15, 0.2) is 20.4 Å². The SMILES string of the molecule is NS(=O)(=O)c1cnc(Br)nc1Br. The maximum atomic E-state index is 10.8. The first-order chi connectivity index (χ1) is 5.41. The van der Waals surface area contributed by atoms with Crippen LogP contribution in [0.1, 0.15) is 0 Å². The van der Waals surface area contributed by atoms with E-state index in [0.717, 1.165) is 6.20 Å². The molecule has 0 amide bonds. The summed E-state index contributed by atoms with van der Waals surface area (Å²) in [6.45, 7) is 0. The standard InChI is InChI=1S/C4H3Br2N3O2S/c5-3-2(12(7,10)11)1-8-4(6)9-3/h1H,(H2,7,10,11). The van der Waals surface area contributed by atoms with Gasteiger partial charge >= 0.3 is 0 Å². The van der Waals surface area contributed by atoms with Crippen LogP contribution < -0.4 is 5.14 Å². The Morgan fingerprint density at radius 3 is 2.42 bits per heavy atom. The number of aromatic nitrogens is 2. The van der Waals surface area contributed by atoms with Gasteiger partial charge in [0.15, 0.2) is 4.73 Å². The predicted octanol–water partition coefficient (Wildman–Crippen LogP) is 0.649. The quantitative estimate of drug-likeness (QED) is 0.609. The summed E-state index contributed by atoms with van der Waals surface area (Å²) >= 11 is 5.92. The fourth-order valence-electron chi connectivity index (χ4n) is 0.521. The van der Waals surface area contributed by atoms with Crippen LogP contribution in [0.3, 0.4) is 0 Å². The van der Waals surface area contributed by atoms with Gasteiger partial charge in [0.25, 0.3) is 0 Å². The third kappa shape index (κ3) is 2.22. The average Bonchev–Trinajstić information content (AvgIpc) is 1.83. The minimum atomic E-state index is -3.74. The van der Waals surface area contributed by atoms with E-state index in [1.807, 2.05) is 0 Å². The Labute approximate surface area is 85.7 Å². The molecule has 0 aliphatic rings. The molecule has 8 heteroatoms. The van der Waals surface area contributed by atoms with Crippen LogP contribution >= 0.6 is 31.9 Å². The van der Waals surface area contributed by atoms with Gasteiger partial charge in [0, 0.05) is 0 Å². The van der Waals surface area contributed by atoms with E-state index in [1.54, 1.807) is 0 Å². The number of primary sulfonamides is 1. The predicted molar refractivity (Wildman–Crippen MR) is 48.8 cm³/mol. The van der Waals surface area contributed by atoms with E-state index in [4.69, 9.17) is 5.14 Å². The maximum Gasteiger partial charge on any atom is 0.242 e. The number of nitrogens with zero attached hydrogens (tertiary/aromatic N) is 2. The van der Waals surface area contributed by atoms with Crippen molar-refractivity contribution in [2.45, 2.75) is 4.90 Å². The Hall–Kier alpha value is -0.0500. The molecule has 0 unspecified atom stereocenters. The molecular formula is C4H3Br2N3O2S. The fraction of sp³-hybridized carbons (Fsp3) is 0. The summed E-state index contributed by atoms with van der Waals surface area (Å²) in [4.78, 5) is 7.19. The number of halogens is 2. The van der Waals surface area contributed by atoms with Gasteiger partial charge < -0.3 is 0 Å². The molecule has 1 aromatic heterocycles. The molecule has 0 atom stereocenters. The zero-order chi connectivity index (χ0) is 9.35. The number of hydrogen-bond acceptors (Lipinski definition) is 4. The van der Waals surface area contributed by atoms with E-state index in [0.29, 0.717) is 4.73 Å². The highest BCUT2D eigenvalue weighted by atomic mass is 79.9. The molecule has 0 saturated carbocycles. The minimum absolute atomic E-state index is 0.134. The lowest BCUT2D eigenvalue weighted by Crippen LogP contribution is -2.13. The molecule has 1 heterocycles. The summed E-state index contributed by atoms with van der Waals surface area (Å²) in [5, 5.41) is 4.85. The third-order valence-corrected chi connectivity index (χ3v) is 3.15. The molecule has 0 bridgehead atoms. The van der Waals surface area contributed by atoms with E-state index < -0.39 is 10.0 Å². The van der Waals surface area contributed by atoms with Gasteiger partial charge in [-0.1, -0.05) is 0 Å². The van der Waals surface area contributed by atoms with E-state index in [-0.39, 0.29) is 9.50 Å². The lowest BCUT2D eigenvalue weighted by atomic mass is 10.7. The largest absolute Gasteiger partial charge is 0.242 e. The van der Waals surface area contributed by atoms with Crippen LogP contribution in [0.2, 0.25) is 0 Å². The summed E-state index contributed by atoms with van der Waals surface area (Å²) in [5.41, 5.74) is 0. The van der Waals surface area contributed by atoms with Crippen molar-refractivity contribution in [3.05, 3.63) is 15.5 Å². The van der Waals surface area contributed by atoms with Crippen molar-refractivity contribution in [3.63, 3.8) is 0 Å². The highest BCUT2D eigenvalue weighted by Gasteiger charge is 2.14. The molecule has 0 radical (unpaired) electrons. The van der Waals surface area contributed by atoms with Crippen molar-refractivity contribution < 1.29 is 8.42 Å². The molecule has 0 aliphatic carbocycles. The second kappa shape index (κ2) is 3.36. The first-order valence-electron chi connectivity index (χ1n) is 2.62. The molecule has 0 spiro atoms. The van der Waals surface area contributed by atoms with Gasteiger partial charge in [0.05, 0.1) is 6.20 Å². The summed E-state index contributed by atoms with van der Waals surface area (Å²) in [5.74, 6) is 0. The summed E-state index contributed by atoms with van der Waals surface area (Å²) in [7, 11) is -3.74. The number of sulfonamides is 1. The van der Waals surface area contributed by atoms with E-state index >= 15 is 0 Å². The smallest absolute Gasteiger partial charge is 0.229 e.